The van der Waals surface area contributed by atoms with Crippen LogP contribution < -0.4 is 5.32 Å². The number of hydrogen-bond acceptors (Lipinski definition) is 2. The van der Waals surface area contributed by atoms with Crippen LogP contribution in [0.4, 0.5) is 10.1 Å². The molecule has 0 unspecified atom stereocenters. The highest BCUT2D eigenvalue weighted by Crippen LogP contribution is 2.32. The van der Waals surface area contributed by atoms with Gasteiger partial charge < -0.3 is 9.73 Å². The van der Waals surface area contributed by atoms with Crippen molar-refractivity contribution in [3.8, 4) is 0 Å². The minimum Gasteiger partial charge on any atom is -0.469 e. The van der Waals surface area contributed by atoms with E-state index < -0.39 is 5.82 Å². The zero-order chi connectivity index (χ0) is 13.3. The van der Waals surface area contributed by atoms with E-state index in [1.807, 2.05) is 0 Å². The number of carbonyl (C=O) groups is 1. The fourth-order valence-electron chi connectivity index (χ4n) is 1.41. The lowest BCUT2D eigenvalue weighted by Crippen LogP contribution is -2.11. The Morgan fingerprint density at radius 3 is 2.72 bits per heavy atom. The van der Waals surface area contributed by atoms with Crippen LogP contribution in [-0.4, -0.2) is 5.91 Å². The molecule has 6 heteroatoms. The van der Waals surface area contributed by atoms with E-state index >= 15 is 0 Å². The Kier molecular flexibility index (Phi) is 3.73. The Balaban J connectivity index is 2.27. The molecule has 18 heavy (non-hydrogen) atoms. The molecule has 1 aromatic heterocycles. The molecule has 0 fully saturated rings. The molecule has 2 rings (SSSR count). The van der Waals surface area contributed by atoms with Crippen molar-refractivity contribution in [2.45, 2.75) is 6.92 Å². The van der Waals surface area contributed by atoms with Gasteiger partial charge >= 0.3 is 0 Å². The van der Waals surface area contributed by atoms with Crippen LogP contribution in [-0.2, 0) is 0 Å². The Bertz CT molecular complexity index is 589. The molecule has 0 spiro atoms. The maximum Gasteiger partial charge on any atom is 0.258 e. The lowest BCUT2D eigenvalue weighted by Gasteiger charge is -2.08. The van der Waals surface area contributed by atoms with Gasteiger partial charge in [0.2, 0.25) is 0 Å². The average Bonchev–Trinajstić information content (AvgIpc) is 2.70. The maximum atomic E-state index is 13.0. The monoisotopic (exact) mass is 331 g/mol. The normalized spacial score (nSPS) is 10.4. The first-order valence-corrected chi connectivity index (χ1v) is 6.15. The minimum atomic E-state index is -0.482. The molecule has 2 aromatic rings. The van der Waals surface area contributed by atoms with Gasteiger partial charge in [0, 0.05) is 4.47 Å². The second kappa shape index (κ2) is 5.12. The van der Waals surface area contributed by atoms with Crippen LogP contribution in [0.3, 0.4) is 0 Å². The number of nitrogens with one attached hydrogen (secondary N) is 1. The van der Waals surface area contributed by atoms with Crippen molar-refractivity contribution in [2.75, 3.05) is 5.32 Å². The SMILES string of the molecule is Cc1cc(C(=O)Nc2c(Cl)cc(F)cc2Br)co1. The van der Waals surface area contributed by atoms with Crippen LogP contribution in [0.15, 0.2) is 33.4 Å². The predicted octanol–water partition coefficient (Wildman–Crippen LogP) is 4.40. The summed E-state index contributed by atoms with van der Waals surface area (Å²) in [5.41, 5.74) is 0.696. The van der Waals surface area contributed by atoms with Crippen LogP contribution in [0.2, 0.25) is 5.02 Å². The highest BCUT2D eigenvalue weighted by Gasteiger charge is 2.14. The summed E-state index contributed by atoms with van der Waals surface area (Å²) in [6.07, 6.45) is 1.34. The van der Waals surface area contributed by atoms with Gasteiger partial charge in [0.25, 0.3) is 5.91 Å². The Morgan fingerprint density at radius 1 is 1.44 bits per heavy atom. The Morgan fingerprint density at radius 2 is 2.17 bits per heavy atom. The summed E-state index contributed by atoms with van der Waals surface area (Å²) in [4.78, 5) is 11.9. The summed E-state index contributed by atoms with van der Waals surface area (Å²) in [5.74, 6) is -0.227. The molecule has 0 atom stereocenters. The number of benzene rings is 1. The van der Waals surface area contributed by atoms with Crippen molar-refractivity contribution in [3.63, 3.8) is 0 Å². The summed E-state index contributed by atoms with van der Waals surface area (Å²) < 4.78 is 18.4. The Labute approximate surface area is 116 Å². The summed E-state index contributed by atoms with van der Waals surface area (Å²) >= 11 is 9.00. The topological polar surface area (TPSA) is 42.2 Å². The molecule has 0 bridgehead atoms. The molecular weight excluding hydrogens is 324 g/mol. The molecule has 0 radical (unpaired) electrons. The van der Waals surface area contributed by atoms with Crippen LogP contribution >= 0.6 is 27.5 Å². The van der Waals surface area contributed by atoms with Gasteiger partial charge in [-0.25, -0.2) is 4.39 Å². The second-order valence-corrected chi connectivity index (χ2v) is 4.91. The predicted molar refractivity (Wildman–Crippen MR) is 70.5 cm³/mol. The number of hydrogen-bond donors (Lipinski definition) is 1. The number of furan rings is 1. The van der Waals surface area contributed by atoms with E-state index in [1.165, 1.54) is 12.3 Å². The summed E-state index contributed by atoms with van der Waals surface area (Å²) in [6, 6.07) is 3.95. The number of amides is 1. The van der Waals surface area contributed by atoms with Gasteiger partial charge in [-0.15, -0.1) is 0 Å². The molecule has 0 aliphatic rings. The summed E-state index contributed by atoms with van der Waals surface area (Å²) in [6.45, 7) is 1.73. The number of anilines is 1. The first kappa shape index (κ1) is 13.1. The molecule has 1 N–H and O–H groups in total. The first-order chi connectivity index (χ1) is 8.47. The summed E-state index contributed by atoms with van der Waals surface area (Å²) in [5, 5.41) is 2.71. The van der Waals surface area contributed by atoms with Crippen LogP contribution in [0.1, 0.15) is 16.1 Å². The van der Waals surface area contributed by atoms with E-state index in [2.05, 4.69) is 21.2 Å². The first-order valence-electron chi connectivity index (χ1n) is 4.98. The maximum absolute atomic E-state index is 13.0. The van der Waals surface area contributed by atoms with E-state index in [0.29, 0.717) is 21.5 Å². The van der Waals surface area contributed by atoms with Gasteiger partial charge in [0.15, 0.2) is 0 Å². The molecule has 0 aliphatic heterocycles. The van der Waals surface area contributed by atoms with Crippen LogP contribution in [0, 0.1) is 12.7 Å². The fraction of sp³-hybridized carbons (Fsp3) is 0.0833. The van der Waals surface area contributed by atoms with Crippen molar-refractivity contribution in [1.82, 2.24) is 0 Å². The minimum absolute atomic E-state index is 0.121. The van der Waals surface area contributed by atoms with Crippen LogP contribution in [0.25, 0.3) is 0 Å². The number of rotatable bonds is 2. The highest BCUT2D eigenvalue weighted by molar-refractivity contribution is 9.10. The van der Waals surface area contributed by atoms with Crippen molar-refractivity contribution < 1.29 is 13.6 Å². The van der Waals surface area contributed by atoms with E-state index in [-0.39, 0.29) is 10.9 Å². The Hall–Kier alpha value is -1.33. The third kappa shape index (κ3) is 2.73. The number of halogens is 3. The molecule has 0 aliphatic carbocycles. The van der Waals surface area contributed by atoms with Gasteiger partial charge in [0.1, 0.15) is 17.8 Å². The highest BCUT2D eigenvalue weighted by atomic mass is 79.9. The van der Waals surface area contributed by atoms with Gasteiger partial charge in [-0.1, -0.05) is 11.6 Å². The molecule has 94 valence electrons. The smallest absolute Gasteiger partial charge is 0.258 e. The second-order valence-electron chi connectivity index (χ2n) is 3.64. The van der Waals surface area contributed by atoms with E-state index in [1.54, 1.807) is 13.0 Å². The summed E-state index contributed by atoms with van der Waals surface area (Å²) in [7, 11) is 0. The molecule has 0 saturated carbocycles. The standard InChI is InChI=1S/C12H8BrClFNO2/c1-6-2-7(5-18-6)12(17)16-11-9(13)3-8(15)4-10(11)14/h2-5H,1H3,(H,16,17). The van der Waals surface area contributed by atoms with E-state index in [0.717, 1.165) is 6.07 Å². The van der Waals surface area contributed by atoms with Crippen LogP contribution in [0.5, 0.6) is 0 Å². The van der Waals surface area contributed by atoms with Crippen molar-refractivity contribution in [1.29, 1.82) is 0 Å². The van der Waals surface area contributed by atoms with Gasteiger partial charge in [-0.05, 0) is 41.1 Å². The van der Waals surface area contributed by atoms with E-state index in [4.69, 9.17) is 16.0 Å². The number of aryl methyl sites for hydroxylation is 1. The number of carbonyl (C=O) groups excluding carboxylic acids is 1. The molecular formula is C12H8BrClFNO2. The third-order valence-corrected chi connectivity index (χ3v) is 3.16. The lowest BCUT2D eigenvalue weighted by molar-refractivity contribution is 0.102. The molecule has 1 amide bonds. The lowest BCUT2D eigenvalue weighted by atomic mass is 10.2. The van der Waals surface area contributed by atoms with Gasteiger partial charge in [0.05, 0.1) is 16.3 Å². The quantitative estimate of drug-likeness (QED) is 0.886. The van der Waals surface area contributed by atoms with Crippen molar-refractivity contribution in [3.05, 3.63) is 51.1 Å². The average molecular weight is 333 g/mol. The third-order valence-electron chi connectivity index (χ3n) is 2.24. The zero-order valence-corrected chi connectivity index (χ0v) is 11.6. The molecule has 1 heterocycles. The molecule has 0 saturated heterocycles. The molecule has 3 nitrogen and oxygen atoms in total. The van der Waals surface area contributed by atoms with E-state index in [9.17, 15) is 9.18 Å². The van der Waals surface area contributed by atoms with Crippen molar-refractivity contribution >= 4 is 39.1 Å². The van der Waals surface area contributed by atoms with Gasteiger partial charge in [-0.3, -0.25) is 4.79 Å². The van der Waals surface area contributed by atoms with Crippen molar-refractivity contribution in [2.24, 2.45) is 0 Å². The molecule has 1 aromatic carbocycles. The van der Waals surface area contributed by atoms with Gasteiger partial charge in [-0.2, -0.15) is 0 Å². The fourth-order valence-corrected chi connectivity index (χ4v) is 2.31. The largest absolute Gasteiger partial charge is 0.469 e. The zero-order valence-electron chi connectivity index (χ0n) is 9.26.